The van der Waals surface area contributed by atoms with Crippen LogP contribution in [0, 0.1) is 0 Å². The quantitative estimate of drug-likeness (QED) is 0.926. The Bertz CT molecular complexity index is 599. The monoisotopic (exact) mass is 342 g/mol. The number of benzene rings is 1. The van der Waals surface area contributed by atoms with Crippen LogP contribution in [0.15, 0.2) is 29.0 Å². The van der Waals surface area contributed by atoms with Crippen molar-refractivity contribution in [2.45, 2.75) is 6.42 Å². The van der Waals surface area contributed by atoms with Crippen LogP contribution in [-0.4, -0.2) is 27.2 Å². The molecular weight excluding hydrogens is 332 g/mol. The lowest BCUT2D eigenvalue weighted by Gasteiger charge is -2.06. The summed E-state index contributed by atoms with van der Waals surface area (Å²) in [5, 5.41) is 11.1. The average Bonchev–Trinajstić information content (AvgIpc) is 2.78. The Morgan fingerprint density at radius 3 is 2.95 bits per heavy atom. The summed E-state index contributed by atoms with van der Waals surface area (Å²) in [6.07, 6.45) is 2.26. The zero-order valence-corrected chi connectivity index (χ0v) is 12.6. The molecular formula is C12H12BrClN4O. The van der Waals surface area contributed by atoms with Crippen LogP contribution >= 0.6 is 27.5 Å². The Morgan fingerprint density at radius 2 is 2.32 bits per heavy atom. The fourth-order valence-corrected chi connectivity index (χ4v) is 1.99. The number of aryl methyl sites for hydroxylation is 1. The van der Waals surface area contributed by atoms with E-state index < -0.39 is 0 Å². The van der Waals surface area contributed by atoms with Crippen molar-refractivity contribution in [2.24, 2.45) is 7.05 Å². The Kier molecular flexibility index (Phi) is 4.55. The van der Waals surface area contributed by atoms with Gasteiger partial charge < -0.3 is 9.88 Å². The van der Waals surface area contributed by atoms with Crippen LogP contribution in [0.1, 0.15) is 16.2 Å². The standard InChI is InChI=1S/C12H12BrClN4O/c1-18-7-16-17-11(18)4-5-15-12(19)8-2-3-9(13)10(14)6-8/h2-3,6-7H,4-5H2,1H3,(H,15,19). The highest BCUT2D eigenvalue weighted by molar-refractivity contribution is 9.10. The Labute approximate surface area is 124 Å². The molecule has 1 aromatic heterocycles. The average molecular weight is 344 g/mol. The van der Waals surface area contributed by atoms with Gasteiger partial charge in [-0.1, -0.05) is 11.6 Å². The maximum Gasteiger partial charge on any atom is 0.251 e. The summed E-state index contributed by atoms with van der Waals surface area (Å²) in [6.45, 7) is 0.499. The van der Waals surface area contributed by atoms with E-state index in [1.165, 1.54) is 0 Å². The third-order valence-corrected chi connectivity index (χ3v) is 3.85. The lowest BCUT2D eigenvalue weighted by Crippen LogP contribution is -2.26. The highest BCUT2D eigenvalue weighted by atomic mass is 79.9. The second kappa shape index (κ2) is 6.16. The van der Waals surface area contributed by atoms with Gasteiger partial charge >= 0.3 is 0 Å². The van der Waals surface area contributed by atoms with Crippen molar-refractivity contribution >= 4 is 33.4 Å². The number of amides is 1. The lowest BCUT2D eigenvalue weighted by molar-refractivity contribution is 0.0954. The van der Waals surface area contributed by atoms with Crippen molar-refractivity contribution in [3.8, 4) is 0 Å². The van der Waals surface area contributed by atoms with E-state index >= 15 is 0 Å². The molecule has 1 heterocycles. The fourth-order valence-electron chi connectivity index (χ4n) is 1.56. The van der Waals surface area contributed by atoms with E-state index in [2.05, 4.69) is 31.4 Å². The van der Waals surface area contributed by atoms with Gasteiger partial charge in [-0.15, -0.1) is 10.2 Å². The molecule has 1 aromatic carbocycles. The van der Waals surface area contributed by atoms with Crippen molar-refractivity contribution < 1.29 is 4.79 Å². The first-order valence-corrected chi connectivity index (χ1v) is 6.81. The number of aromatic nitrogens is 3. The molecule has 0 spiro atoms. The molecule has 100 valence electrons. The minimum atomic E-state index is -0.156. The largest absolute Gasteiger partial charge is 0.352 e. The van der Waals surface area contributed by atoms with Crippen molar-refractivity contribution in [2.75, 3.05) is 6.54 Å². The molecule has 0 atom stereocenters. The topological polar surface area (TPSA) is 59.8 Å². The summed E-state index contributed by atoms with van der Waals surface area (Å²) in [6, 6.07) is 5.09. The van der Waals surface area contributed by atoms with Gasteiger partial charge in [0.1, 0.15) is 12.2 Å². The molecule has 1 N–H and O–H groups in total. The van der Waals surface area contributed by atoms with Crippen molar-refractivity contribution in [3.63, 3.8) is 0 Å². The van der Waals surface area contributed by atoms with Gasteiger partial charge in [-0.25, -0.2) is 0 Å². The SMILES string of the molecule is Cn1cnnc1CCNC(=O)c1ccc(Br)c(Cl)c1. The van der Waals surface area contributed by atoms with E-state index in [0.29, 0.717) is 23.6 Å². The number of nitrogens with zero attached hydrogens (tertiary/aromatic N) is 3. The Balaban J connectivity index is 1.91. The van der Waals surface area contributed by atoms with Crippen molar-refractivity contribution in [3.05, 3.63) is 45.4 Å². The molecule has 0 radical (unpaired) electrons. The zero-order chi connectivity index (χ0) is 13.8. The van der Waals surface area contributed by atoms with Crippen molar-refractivity contribution in [1.82, 2.24) is 20.1 Å². The van der Waals surface area contributed by atoms with Crippen LogP contribution in [-0.2, 0) is 13.5 Å². The smallest absolute Gasteiger partial charge is 0.251 e. The minimum absolute atomic E-state index is 0.156. The fraction of sp³-hybridized carbons (Fsp3) is 0.250. The first kappa shape index (κ1) is 14.0. The lowest BCUT2D eigenvalue weighted by atomic mass is 10.2. The number of rotatable bonds is 4. The maximum atomic E-state index is 11.9. The van der Waals surface area contributed by atoms with Crippen LogP contribution in [0.5, 0.6) is 0 Å². The van der Waals surface area contributed by atoms with Gasteiger partial charge in [0, 0.05) is 30.0 Å². The second-order valence-corrected chi connectivity index (χ2v) is 5.25. The maximum absolute atomic E-state index is 11.9. The first-order valence-electron chi connectivity index (χ1n) is 5.64. The van der Waals surface area contributed by atoms with Gasteiger partial charge in [0.15, 0.2) is 0 Å². The van der Waals surface area contributed by atoms with E-state index in [9.17, 15) is 4.79 Å². The summed E-state index contributed by atoms with van der Waals surface area (Å²) < 4.78 is 2.59. The van der Waals surface area contributed by atoms with Gasteiger partial charge in [-0.2, -0.15) is 0 Å². The molecule has 0 bridgehead atoms. The van der Waals surface area contributed by atoms with Crippen LogP contribution in [0.3, 0.4) is 0 Å². The Hall–Kier alpha value is -1.40. The van der Waals surface area contributed by atoms with Gasteiger partial charge in [0.25, 0.3) is 5.91 Å². The highest BCUT2D eigenvalue weighted by Crippen LogP contribution is 2.23. The summed E-state index contributed by atoms with van der Waals surface area (Å²) in [5.41, 5.74) is 0.533. The molecule has 0 saturated heterocycles. The summed E-state index contributed by atoms with van der Waals surface area (Å²) in [4.78, 5) is 11.9. The minimum Gasteiger partial charge on any atom is -0.352 e. The third-order valence-electron chi connectivity index (χ3n) is 2.62. The molecule has 19 heavy (non-hydrogen) atoms. The first-order chi connectivity index (χ1) is 9.08. The predicted molar refractivity (Wildman–Crippen MR) is 76.2 cm³/mol. The number of hydrogen-bond acceptors (Lipinski definition) is 3. The molecule has 0 fully saturated rings. The van der Waals surface area contributed by atoms with Crippen LogP contribution in [0.25, 0.3) is 0 Å². The van der Waals surface area contributed by atoms with Crippen LogP contribution in [0.2, 0.25) is 5.02 Å². The summed E-state index contributed by atoms with van der Waals surface area (Å²) in [5.74, 6) is 0.672. The molecule has 5 nitrogen and oxygen atoms in total. The second-order valence-electron chi connectivity index (χ2n) is 3.99. The van der Waals surface area contributed by atoms with E-state index in [-0.39, 0.29) is 5.91 Å². The number of halogens is 2. The predicted octanol–water partition coefficient (Wildman–Crippen LogP) is 2.20. The van der Waals surface area contributed by atoms with Crippen molar-refractivity contribution in [1.29, 1.82) is 0 Å². The van der Waals surface area contributed by atoms with Gasteiger partial charge in [0.05, 0.1) is 5.02 Å². The van der Waals surface area contributed by atoms with Gasteiger partial charge in [0.2, 0.25) is 0 Å². The van der Waals surface area contributed by atoms with E-state index in [0.717, 1.165) is 10.3 Å². The number of nitrogens with one attached hydrogen (secondary N) is 1. The van der Waals surface area contributed by atoms with E-state index in [1.54, 1.807) is 24.5 Å². The normalized spacial score (nSPS) is 10.5. The number of carbonyl (C=O) groups excluding carboxylic acids is 1. The molecule has 0 unspecified atom stereocenters. The molecule has 2 aromatic rings. The zero-order valence-electron chi connectivity index (χ0n) is 10.2. The molecule has 0 saturated carbocycles. The van der Waals surface area contributed by atoms with Crippen LogP contribution in [0.4, 0.5) is 0 Å². The van der Waals surface area contributed by atoms with Gasteiger partial charge in [-0.3, -0.25) is 4.79 Å². The Morgan fingerprint density at radius 1 is 1.53 bits per heavy atom. The molecule has 0 aliphatic heterocycles. The molecule has 2 rings (SSSR count). The number of hydrogen-bond donors (Lipinski definition) is 1. The van der Waals surface area contributed by atoms with Gasteiger partial charge in [-0.05, 0) is 34.1 Å². The van der Waals surface area contributed by atoms with Crippen LogP contribution < -0.4 is 5.32 Å². The van der Waals surface area contributed by atoms with E-state index in [1.807, 2.05) is 11.6 Å². The van der Waals surface area contributed by atoms with E-state index in [4.69, 9.17) is 11.6 Å². The molecule has 7 heteroatoms. The number of carbonyl (C=O) groups is 1. The molecule has 0 aliphatic carbocycles. The summed E-state index contributed by atoms with van der Waals surface area (Å²) >= 11 is 9.23. The summed E-state index contributed by atoms with van der Waals surface area (Å²) in [7, 11) is 1.87. The molecule has 0 aliphatic rings. The third kappa shape index (κ3) is 3.54. The highest BCUT2D eigenvalue weighted by Gasteiger charge is 2.08. The molecule has 1 amide bonds.